The second-order valence-electron chi connectivity index (χ2n) is 2.27. The van der Waals surface area contributed by atoms with E-state index in [2.05, 4.69) is 16.1 Å². The Balaban J connectivity index is 2.87. The average molecular weight is 157 g/mol. The minimum absolute atomic E-state index is 0.340. The van der Waals surface area contributed by atoms with E-state index in [1.807, 2.05) is 0 Å². The summed E-state index contributed by atoms with van der Waals surface area (Å²) in [5, 5.41) is 0. The lowest BCUT2D eigenvalue weighted by molar-refractivity contribution is -0.226. The van der Waals surface area contributed by atoms with Crippen molar-refractivity contribution in [1.82, 2.24) is 0 Å². The summed E-state index contributed by atoms with van der Waals surface area (Å²) < 4.78 is 8.91. The van der Waals surface area contributed by atoms with E-state index in [1.165, 1.54) is 6.92 Å². The highest BCUT2D eigenvalue weighted by molar-refractivity contribution is 6.14. The molecule has 0 spiro atoms. The minimum atomic E-state index is -1.66. The van der Waals surface area contributed by atoms with E-state index in [9.17, 15) is 9.59 Å². The number of nitrogens with two attached hydrogens (primary N) is 1. The Hall–Kier alpha value is -1.36. The van der Waals surface area contributed by atoms with Crippen LogP contribution in [0.4, 0.5) is 0 Å². The van der Waals surface area contributed by atoms with E-state index < -0.39 is 17.8 Å². The molecule has 1 heterocycles. The summed E-state index contributed by atoms with van der Waals surface area (Å²) >= 11 is 0. The van der Waals surface area contributed by atoms with Crippen molar-refractivity contribution >= 4 is 11.9 Å². The van der Waals surface area contributed by atoms with Gasteiger partial charge in [0.05, 0.1) is 0 Å². The van der Waals surface area contributed by atoms with Gasteiger partial charge in [-0.05, 0) is 0 Å². The topological polar surface area (TPSA) is 78.6 Å². The van der Waals surface area contributed by atoms with Crippen LogP contribution in [-0.4, -0.2) is 17.8 Å². The fourth-order valence-electron chi connectivity index (χ4n) is 0.595. The predicted octanol–water partition coefficient (Wildman–Crippen LogP) is -0.725. The first kappa shape index (κ1) is 7.74. The zero-order chi connectivity index (χ0) is 8.65. The molecule has 0 unspecified atom stereocenters. The second kappa shape index (κ2) is 2.06. The first-order valence-electron chi connectivity index (χ1n) is 2.87. The smallest absolute Gasteiger partial charge is 0.349 e. The number of esters is 2. The van der Waals surface area contributed by atoms with Crippen LogP contribution in [0, 0.1) is 0 Å². The maximum atomic E-state index is 10.7. The van der Waals surface area contributed by atoms with Crippen LogP contribution < -0.4 is 5.73 Å². The molecule has 1 aliphatic rings. The van der Waals surface area contributed by atoms with Crippen LogP contribution in [0.2, 0.25) is 0 Å². The SMILES string of the molecule is C=C1C(=O)OC(C)(N)OC1=O. The number of ether oxygens (including phenoxy) is 2. The summed E-state index contributed by atoms with van der Waals surface area (Å²) in [6, 6.07) is 0. The van der Waals surface area contributed by atoms with Gasteiger partial charge in [0, 0.05) is 6.92 Å². The van der Waals surface area contributed by atoms with Crippen molar-refractivity contribution in [3.8, 4) is 0 Å². The lowest BCUT2D eigenvalue weighted by Gasteiger charge is -2.28. The van der Waals surface area contributed by atoms with Crippen LogP contribution in [0.15, 0.2) is 12.2 Å². The lowest BCUT2D eigenvalue weighted by Crippen LogP contribution is -2.50. The number of hydrogen-bond acceptors (Lipinski definition) is 5. The standard InChI is InChI=1S/C6H7NO4/c1-3-4(8)10-6(2,7)11-5(3)9/h1,7H2,2H3. The maximum Gasteiger partial charge on any atom is 0.349 e. The fraction of sp³-hybridized carbons (Fsp3) is 0.333. The highest BCUT2D eigenvalue weighted by Gasteiger charge is 2.38. The number of carbonyl (C=O) groups is 2. The van der Waals surface area contributed by atoms with Gasteiger partial charge in [0.2, 0.25) is 0 Å². The Morgan fingerprint density at radius 2 is 1.73 bits per heavy atom. The molecule has 1 aliphatic heterocycles. The summed E-state index contributed by atoms with van der Waals surface area (Å²) in [5.74, 6) is -3.34. The first-order chi connectivity index (χ1) is 4.92. The molecule has 0 atom stereocenters. The van der Waals surface area contributed by atoms with Gasteiger partial charge in [-0.2, -0.15) is 0 Å². The molecule has 11 heavy (non-hydrogen) atoms. The van der Waals surface area contributed by atoms with Gasteiger partial charge in [-0.3, -0.25) is 5.73 Å². The van der Waals surface area contributed by atoms with E-state index >= 15 is 0 Å². The van der Waals surface area contributed by atoms with Crippen molar-refractivity contribution in [1.29, 1.82) is 0 Å². The van der Waals surface area contributed by atoms with Crippen LogP contribution >= 0.6 is 0 Å². The number of carbonyl (C=O) groups excluding carboxylic acids is 2. The van der Waals surface area contributed by atoms with Crippen molar-refractivity contribution in [2.24, 2.45) is 5.73 Å². The molecule has 0 aliphatic carbocycles. The number of hydrogen-bond donors (Lipinski definition) is 1. The summed E-state index contributed by atoms with van der Waals surface area (Å²) in [6.45, 7) is 4.40. The third-order valence-corrected chi connectivity index (χ3v) is 1.08. The minimum Gasteiger partial charge on any atom is -0.405 e. The summed E-state index contributed by atoms with van der Waals surface area (Å²) in [5.41, 5.74) is 4.85. The van der Waals surface area contributed by atoms with Crippen molar-refractivity contribution in [2.45, 2.75) is 12.8 Å². The molecule has 5 heteroatoms. The van der Waals surface area contributed by atoms with Crippen LogP contribution in [0.25, 0.3) is 0 Å². The average Bonchev–Trinajstić information content (AvgIpc) is 1.81. The van der Waals surface area contributed by atoms with E-state index in [0.29, 0.717) is 0 Å². The fourth-order valence-corrected chi connectivity index (χ4v) is 0.595. The molecule has 2 N–H and O–H groups in total. The maximum absolute atomic E-state index is 10.7. The highest BCUT2D eigenvalue weighted by Crippen LogP contribution is 2.16. The van der Waals surface area contributed by atoms with E-state index in [-0.39, 0.29) is 5.57 Å². The van der Waals surface area contributed by atoms with Crippen LogP contribution in [0.1, 0.15) is 6.92 Å². The number of cyclic esters (lactones) is 2. The van der Waals surface area contributed by atoms with Crippen LogP contribution in [-0.2, 0) is 19.1 Å². The van der Waals surface area contributed by atoms with Crippen molar-refractivity contribution in [3.63, 3.8) is 0 Å². The third-order valence-electron chi connectivity index (χ3n) is 1.08. The molecule has 1 fully saturated rings. The second-order valence-corrected chi connectivity index (χ2v) is 2.27. The van der Waals surface area contributed by atoms with Gasteiger partial charge in [0.25, 0.3) is 0 Å². The van der Waals surface area contributed by atoms with E-state index in [1.54, 1.807) is 0 Å². The third kappa shape index (κ3) is 1.38. The molecule has 60 valence electrons. The van der Waals surface area contributed by atoms with E-state index in [0.717, 1.165) is 0 Å². The zero-order valence-corrected chi connectivity index (χ0v) is 5.92. The molecular weight excluding hydrogens is 150 g/mol. The molecule has 0 aromatic heterocycles. The molecule has 0 aromatic carbocycles. The van der Waals surface area contributed by atoms with Gasteiger partial charge in [-0.1, -0.05) is 6.58 Å². The molecular formula is C6H7NO4. The van der Waals surface area contributed by atoms with Crippen LogP contribution in [0.3, 0.4) is 0 Å². The normalized spacial score (nSPS) is 22.5. The molecule has 5 nitrogen and oxygen atoms in total. The Morgan fingerprint density at radius 3 is 2.09 bits per heavy atom. The van der Waals surface area contributed by atoms with Crippen molar-refractivity contribution < 1.29 is 19.1 Å². The Kier molecular flexibility index (Phi) is 1.45. The molecule has 0 bridgehead atoms. The zero-order valence-electron chi connectivity index (χ0n) is 5.92. The predicted molar refractivity (Wildman–Crippen MR) is 33.9 cm³/mol. The van der Waals surface area contributed by atoms with Crippen LogP contribution in [0.5, 0.6) is 0 Å². The lowest BCUT2D eigenvalue weighted by atomic mass is 10.3. The van der Waals surface area contributed by atoms with E-state index in [4.69, 9.17) is 5.73 Å². The molecule has 0 amide bonds. The molecule has 1 saturated heterocycles. The quantitative estimate of drug-likeness (QED) is 0.285. The summed E-state index contributed by atoms with van der Waals surface area (Å²) in [6.07, 6.45) is 0. The Bertz CT molecular complexity index is 221. The monoisotopic (exact) mass is 157 g/mol. The summed E-state index contributed by atoms with van der Waals surface area (Å²) in [4.78, 5) is 21.4. The van der Waals surface area contributed by atoms with Crippen molar-refractivity contribution in [3.05, 3.63) is 12.2 Å². The Morgan fingerprint density at radius 1 is 1.36 bits per heavy atom. The summed E-state index contributed by atoms with van der Waals surface area (Å²) in [7, 11) is 0. The Labute approximate surface area is 62.8 Å². The van der Waals surface area contributed by atoms with Gasteiger partial charge in [-0.15, -0.1) is 0 Å². The van der Waals surface area contributed by atoms with Crippen molar-refractivity contribution in [2.75, 3.05) is 0 Å². The molecule has 0 saturated carbocycles. The molecule has 0 radical (unpaired) electrons. The van der Waals surface area contributed by atoms with Gasteiger partial charge >= 0.3 is 17.8 Å². The largest absolute Gasteiger partial charge is 0.405 e. The highest BCUT2D eigenvalue weighted by atomic mass is 16.8. The van der Waals surface area contributed by atoms with Gasteiger partial charge in [0.15, 0.2) is 0 Å². The number of rotatable bonds is 0. The van der Waals surface area contributed by atoms with Gasteiger partial charge in [0.1, 0.15) is 5.57 Å². The van der Waals surface area contributed by atoms with Gasteiger partial charge in [-0.25, -0.2) is 9.59 Å². The molecule has 0 aromatic rings. The first-order valence-corrected chi connectivity index (χ1v) is 2.87. The molecule has 1 rings (SSSR count). The van der Waals surface area contributed by atoms with Gasteiger partial charge < -0.3 is 9.47 Å².